The standard InChI is InChI=1S/C52H43ClP2/c1-2-42-25-21-23-39-50(42)51-40-24-22-26-43(51)41-52(53,54(44-27-9-3-10-28-44,45-29-11-4-12-30-45)46-31-13-5-14-32-46)55(47-33-15-6-16-34-47,48-35-17-7-18-36-48)49-37-19-8-20-38-49/h2-40H,1,41H2/q+2. The summed E-state index contributed by atoms with van der Waals surface area (Å²) in [6.07, 6.45) is 2.54. The lowest BCUT2D eigenvalue weighted by Crippen LogP contribution is -2.54. The number of hydrogen-bond acceptors (Lipinski definition) is 0. The summed E-state index contributed by atoms with van der Waals surface area (Å²) < 4.78 is -0.965. The first-order valence-corrected chi connectivity index (χ1v) is 22.7. The zero-order chi connectivity index (χ0) is 37.6. The second kappa shape index (κ2) is 16.2. The molecular weight excluding hydrogens is 722 g/mol. The smallest absolute Gasteiger partial charge is 0.0984 e. The van der Waals surface area contributed by atoms with Crippen LogP contribution in [0.25, 0.3) is 17.2 Å². The van der Waals surface area contributed by atoms with Gasteiger partial charge in [-0.2, -0.15) is 0 Å². The maximum atomic E-state index is 9.54. The Bertz CT molecular complexity index is 2150. The highest BCUT2D eigenvalue weighted by Crippen LogP contribution is 2.86. The van der Waals surface area contributed by atoms with E-state index in [9.17, 15) is 11.6 Å². The number of alkyl halides is 1. The van der Waals surface area contributed by atoms with Crippen molar-refractivity contribution in [2.75, 3.05) is 0 Å². The van der Waals surface area contributed by atoms with Crippen LogP contribution in [0, 0.1) is 0 Å². The molecule has 0 N–H and O–H groups in total. The monoisotopic (exact) mass is 764 g/mol. The summed E-state index contributed by atoms with van der Waals surface area (Å²) in [5.41, 5.74) is 4.62. The maximum Gasteiger partial charge on any atom is 0.281 e. The van der Waals surface area contributed by atoms with Crippen molar-refractivity contribution in [3.05, 3.63) is 248 Å². The third-order valence-electron chi connectivity index (χ3n) is 10.8. The molecule has 0 radical (unpaired) electrons. The van der Waals surface area contributed by atoms with E-state index in [-0.39, 0.29) is 0 Å². The summed E-state index contributed by atoms with van der Waals surface area (Å²) in [6, 6.07) is 84.5. The summed E-state index contributed by atoms with van der Waals surface area (Å²) in [4.78, 5) is 0. The minimum atomic E-state index is -2.89. The van der Waals surface area contributed by atoms with E-state index in [0.717, 1.165) is 11.1 Å². The summed E-state index contributed by atoms with van der Waals surface area (Å²) in [5.74, 6) is 0. The molecule has 8 aromatic rings. The molecule has 0 amide bonds. The van der Waals surface area contributed by atoms with E-state index >= 15 is 0 Å². The van der Waals surface area contributed by atoms with Crippen molar-refractivity contribution in [3.63, 3.8) is 0 Å². The second-order valence-electron chi connectivity index (χ2n) is 13.7. The Morgan fingerprint density at radius 2 is 0.636 bits per heavy atom. The Morgan fingerprint density at radius 3 is 0.964 bits per heavy atom. The van der Waals surface area contributed by atoms with E-state index in [1.165, 1.54) is 43.0 Å². The van der Waals surface area contributed by atoms with Crippen molar-refractivity contribution in [2.24, 2.45) is 0 Å². The van der Waals surface area contributed by atoms with Crippen molar-refractivity contribution in [1.82, 2.24) is 0 Å². The molecule has 0 unspecified atom stereocenters. The molecule has 266 valence electrons. The first kappa shape index (κ1) is 36.6. The zero-order valence-electron chi connectivity index (χ0n) is 30.7. The van der Waals surface area contributed by atoms with Gasteiger partial charge in [-0.05, 0) is 107 Å². The average Bonchev–Trinajstić information content (AvgIpc) is 3.27. The first-order valence-electron chi connectivity index (χ1n) is 18.8. The molecule has 0 bridgehead atoms. The van der Waals surface area contributed by atoms with Gasteiger partial charge in [0.05, 0.1) is 6.42 Å². The second-order valence-corrected chi connectivity index (χ2v) is 22.5. The highest BCUT2D eigenvalue weighted by atomic mass is 35.5. The third kappa shape index (κ3) is 6.30. The predicted molar refractivity (Wildman–Crippen MR) is 245 cm³/mol. The number of halogens is 1. The van der Waals surface area contributed by atoms with Gasteiger partial charge >= 0.3 is 0 Å². The van der Waals surface area contributed by atoms with E-state index < -0.39 is 18.9 Å². The SMILES string of the molecule is C=Cc1ccccc1-c1ccccc1CC(Cl)([P+](c1ccccc1)(c1ccccc1)c1ccccc1)[P+](c1ccccc1)(c1ccccc1)c1ccccc1. The van der Waals surface area contributed by atoms with Crippen molar-refractivity contribution < 1.29 is 0 Å². The normalized spacial score (nSPS) is 11.9. The summed E-state index contributed by atoms with van der Waals surface area (Å²) in [7, 11) is -5.79. The molecule has 0 aliphatic rings. The Balaban J connectivity index is 1.64. The van der Waals surface area contributed by atoms with Gasteiger partial charge < -0.3 is 0 Å². The van der Waals surface area contributed by atoms with Crippen molar-refractivity contribution >= 4 is 64.0 Å². The van der Waals surface area contributed by atoms with Crippen LogP contribution in [-0.2, 0) is 6.42 Å². The molecule has 0 saturated heterocycles. The third-order valence-corrected chi connectivity index (χ3v) is 23.1. The molecule has 0 saturated carbocycles. The Hall–Kier alpha value is -5.35. The average molecular weight is 765 g/mol. The van der Waals surface area contributed by atoms with Gasteiger partial charge in [0.1, 0.15) is 31.8 Å². The van der Waals surface area contributed by atoms with Gasteiger partial charge in [0.25, 0.3) is 4.36 Å². The van der Waals surface area contributed by atoms with Gasteiger partial charge in [-0.15, -0.1) is 0 Å². The van der Waals surface area contributed by atoms with Crippen molar-refractivity contribution in [2.45, 2.75) is 10.8 Å². The Labute approximate surface area is 332 Å². The minimum Gasteiger partial charge on any atom is -0.0984 e. The van der Waals surface area contributed by atoms with Crippen LogP contribution < -0.4 is 31.8 Å². The van der Waals surface area contributed by atoms with E-state index in [4.69, 9.17) is 0 Å². The fraction of sp³-hybridized carbons (Fsp3) is 0.0385. The Morgan fingerprint density at radius 1 is 0.364 bits per heavy atom. The molecule has 0 aliphatic heterocycles. The van der Waals surface area contributed by atoms with E-state index in [2.05, 4.69) is 237 Å². The maximum absolute atomic E-state index is 9.54. The number of benzene rings is 8. The minimum absolute atomic E-state index is 0.578. The van der Waals surface area contributed by atoms with Gasteiger partial charge in [-0.1, -0.05) is 170 Å². The molecule has 8 rings (SSSR count). The topological polar surface area (TPSA) is 0 Å². The lowest BCUT2D eigenvalue weighted by atomic mass is 9.94. The molecule has 0 spiro atoms. The van der Waals surface area contributed by atoms with Crippen LogP contribution in [0.1, 0.15) is 11.1 Å². The fourth-order valence-corrected chi connectivity index (χ4v) is 23.0. The fourth-order valence-electron chi connectivity index (χ4n) is 8.55. The van der Waals surface area contributed by atoms with Crippen LogP contribution in [0.4, 0.5) is 0 Å². The van der Waals surface area contributed by atoms with E-state index in [0.29, 0.717) is 6.42 Å². The summed E-state index contributed by atoms with van der Waals surface area (Å²) in [6.45, 7) is 4.22. The van der Waals surface area contributed by atoms with Gasteiger partial charge in [-0.25, -0.2) is 0 Å². The van der Waals surface area contributed by atoms with Crippen LogP contribution >= 0.6 is 26.1 Å². The molecule has 8 aromatic carbocycles. The lowest BCUT2D eigenvalue weighted by molar-refractivity contribution is 1.02. The molecule has 0 aromatic heterocycles. The quantitative estimate of drug-likeness (QED) is 0.0858. The van der Waals surface area contributed by atoms with Crippen LogP contribution in [0.15, 0.2) is 237 Å². The van der Waals surface area contributed by atoms with Crippen molar-refractivity contribution in [1.29, 1.82) is 0 Å². The first-order chi connectivity index (χ1) is 27.1. The Kier molecular flexibility index (Phi) is 10.8. The van der Waals surface area contributed by atoms with Crippen LogP contribution in [0.3, 0.4) is 0 Å². The highest BCUT2D eigenvalue weighted by Gasteiger charge is 2.78. The van der Waals surface area contributed by atoms with Gasteiger partial charge in [-0.3, -0.25) is 0 Å². The molecule has 0 atom stereocenters. The molecular formula is C52H43ClP2+2. The van der Waals surface area contributed by atoms with Gasteiger partial charge in [0.15, 0.2) is 14.5 Å². The number of hydrogen-bond donors (Lipinski definition) is 0. The van der Waals surface area contributed by atoms with E-state index in [1.807, 2.05) is 6.08 Å². The summed E-state index contributed by atoms with van der Waals surface area (Å²) in [5, 5.41) is 7.49. The molecule has 0 heterocycles. The van der Waals surface area contributed by atoms with E-state index in [1.54, 1.807) is 0 Å². The van der Waals surface area contributed by atoms with Gasteiger partial charge in [0.2, 0.25) is 0 Å². The van der Waals surface area contributed by atoms with Crippen molar-refractivity contribution in [3.8, 4) is 11.1 Å². The summed E-state index contributed by atoms with van der Waals surface area (Å²) >= 11 is 9.54. The molecule has 0 aliphatic carbocycles. The number of rotatable bonds is 12. The van der Waals surface area contributed by atoms with Crippen LogP contribution in [0.5, 0.6) is 0 Å². The largest absolute Gasteiger partial charge is 0.281 e. The molecule has 0 nitrogen and oxygen atoms in total. The molecule has 0 fully saturated rings. The van der Waals surface area contributed by atoms with Gasteiger partial charge in [0, 0.05) is 0 Å². The molecule has 55 heavy (non-hydrogen) atoms. The lowest BCUT2D eigenvalue weighted by Gasteiger charge is -2.47. The predicted octanol–water partition coefficient (Wildman–Crippen LogP) is 11.4. The van der Waals surface area contributed by atoms with Crippen LogP contribution in [0.2, 0.25) is 0 Å². The zero-order valence-corrected chi connectivity index (χ0v) is 33.2. The molecule has 3 heteroatoms. The van der Waals surface area contributed by atoms with Crippen LogP contribution in [-0.4, -0.2) is 4.36 Å². The highest BCUT2D eigenvalue weighted by molar-refractivity contribution is 8.13.